The van der Waals surface area contributed by atoms with Crippen molar-refractivity contribution in [2.45, 2.75) is 57.9 Å². The van der Waals surface area contributed by atoms with Crippen molar-refractivity contribution in [2.75, 3.05) is 29.5 Å². The maximum atomic E-state index is 13.8. The Balaban J connectivity index is 0.805. The molecular weight excluding hydrogens is 928 g/mol. The summed E-state index contributed by atoms with van der Waals surface area (Å²) >= 11 is 7.26. The van der Waals surface area contributed by atoms with Gasteiger partial charge in [-0.2, -0.15) is 18.4 Å². The van der Waals surface area contributed by atoms with Crippen molar-refractivity contribution in [3.63, 3.8) is 0 Å². The molecule has 0 radical (unpaired) electrons. The number of alkyl halides is 3. The van der Waals surface area contributed by atoms with Crippen LogP contribution in [-0.2, 0) is 31.9 Å². The number of amides is 4. The number of thiocarbonyl (C=S) groups is 1. The number of likely N-dealkylation sites (tertiary alicyclic amines) is 1. The van der Waals surface area contributed by atoms with Crippen molar-refractivity contribution >= 4 is 63.7 Å². The summed E-state index contributed by atoms with van der Waals surface area (Å²) in [6.45, 7) is 5.36. The van der Waals surface area contributed by atoms with Gasteiger partial charge in [0, 0.05) is 18.8 Å². The van der Waals surface area contributed by atoms with Crippen LogP contribution in [0.1, 0.15) is 49.1 Å². The van der Waals surface area contributed by atoms with Gasteiger partial charge in [-0.1, -0.05) is 48.5 Å². The Morgan fingerprint density at radius 2 is 1.58 bits per heavy atom. The first-order valence-electron chi connectivity index (χ1n) is 21.8. The van der Waals surface area contributed by atoms with E-state index >= 15 is 0 Å². The summed E-state index contributed by atoms with van der Waals surface area (Å²) in [6, 6.07) is 33.1. The molecule has 13 nitrogen and oxygen atoms in total. The van der Waals surface area contributed by atoms with Crippen LogP contribution in [0.2, 0.25) is 0 Å². The van der Waals surface area contributed by atoms with Crippen LogP contribution < -0.4 is 29.9 Å². The highest BCUT2D eigenvalue weighted by Crippen LogP contribution is 2.40. The van der Waals surface area contributed by atoms with E-state index in [4.69, 9.17) is 21.7 Å². The smallest absolute Gasteiger partial charge is 0.417 e. The van der Waals surface area contributed by atoms with E-state index in [1.165, 1.54) is 11.0 Å². The zero-order valence-electron chi connectivity index (χ0n) is 37.5. The van der Waals surface area contributed by atoms with Crippen molar-refractivity contribution in [2.24, 2.45) is 0 Å². The molecule has 3 heterocycles. The van der Waals surface area contributed by atoms with Crippen LogP contribution in [0.5, 0.6) is 17.2 Å². The first-order chi connectivity index (χ1) is 33.0. The van der Waals surface area contributed by atoms with Gasteiger partial charge in [0.2, 0.25) is 11.8 Å². The molecular formula is C51H44F3N7O6S2. The van der Waals surface area contributed by atoms with E-state index in [0.717, 1.165) is 49.9 Å². The average Bonchev–Trinajstić information content (AvgIpc) is 4.06. The normalized spacial score (nSPS) is 15.5. The number of hydrogen-bond acceptors (Lipinski definition) is 10. The highest BCUT2D eigenvalue weighted by atomic mass is 32.1. The molecule has 18 heteroatoms. The maximum Gasteiger partial charge on any atom is 0.417 e. The van der Waals surface area contributed by atoms with Gasteiger partial charge in [-0.25, -0.2) is 4.98 Å². The molecule has 0 spiro atoms. The van der Waals surface area contributed by atoms with Gasteiger partial charge >= 0.3 is 6.18 Å². The predicted molar refractivity (Wildman–Crippen MR) is 259 cm³/mol. The number of nitrogens with one attached hydrogen (secondary N) is 2. The minimum Gasteiger partial charge on any atom is -0.484 e. The van der Waals surface area contributed by atoms with Gasteiger partial charge in [0.1, 0.15) is 28.8 Å². The molecule has 2 fully saturated rings. The third kappa shape index (κ3) is 10.4. The number of benzene rings is 5. The van der Waals surface area contributed by atoms with Crippen LogP contribution in [0.4, 0.5) is 24.5 Å². The van der Waals surface area contributed by atoms with Gasteiger partial charge < -0.3 is 29.9 Å². The molecule has 0 bridgehead atoms. The zero-order chi connectivity index (χ0) is 49.0. The topological polar surface area (TPSA) is 157 Å². The van der Waals surface area contributed by atoms with Crippen molar-refractivity contribution in [1.29, 1.82) is 5.26 Å². The number of rotatable bonds is 14. The third-order valence-electron chi connectivity index (χ3n) is 11.8. The lowest BCUT2D eigenvalue weighted by molar-refractivity contribution is -0.138. The molecule has 2 N–H and O–H groups in total. The summed E-state index contributed by atoms with van der Waals surface area (Å²) in [7, 11) is 0. The number of halogens is 3. The number of anilines is 2. The van der Waals surface area contributed by atoms with Gasteiger partial charge in [-0.05, 0) is 135 Å². The Kier molecular flexibility index (Phi) is 13.8. The number of nitrogens with zero attached hydrogens (tertiary/aromatic N) is 5. The largest absolute Gasteiger partial charge is 0.484 e. The number of nitriles is 1. The van der Waals surface area contributed by atoms with E-state index in [1.807, 2.05) is 67.0 Å². The molecule has 69 heavy (non-hydrogen) atoms. The molecule has 6 aromatic rings. The van der Waals surface area contributed by atoms with Crippen LogP contribution in [0, 0.1) is 18.3 Å². The maximum absolute atomic E-state index is 13.8. The number of aromatic nitrogens is 1. The van der Waals surface area contributed by atoms with Crippen LogP contribution in [0.25, 0.3) is 21.6 Å². The van der Waals surface area contributed by atoms with Crippen LogP contribution in [-0.4, -0.2) is 69.9 Å². The van der Waals surface area contributed by atoms with Crippen molar-refractivity contribution in [1.82, 2.24) is 20.5 Å². The second kappa shape index (κ2) is 19.9. The van der Waals surface area contributed by atoms with E-state index in [2.05, 4.69) is 15.6 Å². The lowest BCUT2D eigenvalue weighted by Crippen LogP contribution is -2.49. The second-order valence-electron chi connectivity index (χ2n) is 16.8. The van der Waals surface area contributed by atoms with Crippen LogP contribution in [0.15, 0.2) is 121 Å². The lowest BCUT2D eigenvalue weighted by Gasteiger charge is -2.29. The number of aryl methyl sites for hydroxylation is 1. The summed E-state index contributed by atoms with van der Waals surface area (Å²) in [6.07, 6.45) is -3.60. The van der Waals surface area contributed by atoms with Crippen LogP contribution in [0.3, 0.4) is 0 Å². The summed E-state index contributed by atoms with van der Waals surface area (Å²) in [5.74, 6) is -0.197. The number of carbonyl (C=O) groups is 4. The first-order valence-corrected chi connectivity index (χ1v) is 23.0. The number of ether oxygens (including phenoxy) is 2. The van der Waals surface area contributed by atoms with E-state index in [9.17, 15) is 37.6 Å². The Morgan fingerprint density at radius 3 is 2.26 bits per heavy atom. The predicted octanol–water partition coefficient (Wildman–Crippen LogP) is 9.19. The van der Waals surface area contributed by atoms with Crippen LogP contribution >= 0.6 is 23.6 Å². The molecule has 1 aromatic heterocycles. The monoisotopic (exact) mass is 971 g/mol. The quantitative estimate of drug-likeness (QED) is 0.101. The second-order valence-corrected chi connectivity index (χ2v) is 18.0. The van der Waals surface area contributed by atoms with E-state index in [-0.39, 0.29) is 35.8 Å². The van der Waals surface area contributed by atoms with Gasteiger partial charge in [0.15, 0.2) is 11.7 Å². The van der Waals surface area contributed by atoms with Gasteiger partial charge in [0.05, 0.1) is 45.5 Å². The fourth-order valence-electron chi connectivity index (χ4n) is 8.21. The van der Waals surface area contributed by atoms with Crippen molar-refractivity contribution < 1.29 is 41.8 Å². The summed E-state index contributed by atoms with van der Waals surface area (Å²) in [4.78, 5) is 62.1. The van der Waals surface area contributed by atoms with Gasteiger partial charge in [-0.15, -0.1) is 11.3 Å². The van der Waals surface area contributed by atoms with Gasteiger partial charge in [0.25, 0.3) is 11.8 Å². The SMILES string of the molecule is Cc1ncsc1-c1ccc(CNC(=O)[C@@H]2CCCN2C(=O)CNC(=O)COc2ccc(Oc3cccc(-c4ccc(N5C(=S)N(c6ccc(C#N)c(C(F)(F)F)c6)C(=O)C5(C)C)cc4)c3)cc2)cc1. The highest BCUT2D eigenvalue weighted by molar-refractivity contribution is 7.81. The molecule has 0 saturated carbocycles. The van der Waals surface area contributed by atoms with Crippen molar-refractivity contribution in [3.8, 4) is 44.9 Å². The molecule has 5 aromatic carbocycles. The van der Waals surface area contributed by atoms with E-state index in [0.29, 0.717) is 48.9 Å². The summed E-state index contributed by atoms with van der Waals surface area (Å²) in [5.41, 5.74) is 3.88. The molecule has 352 valence electrons. The average molecular weight is 972 g/mol. The molecule has 1 atom stereocenters. The summed E-state index contributed by atoms with van der Waals surface area (Å²) < 4.78 is 53.1. The Labute approximate surface area is 405 Å². The Bertz CT molecular complexity index is 2970. The minimum atomic E-state index is -4.81. The molecule has 2 saturated heterocycles. The minimum absolute atomic E-state index is 0.00929. The fraction of sp³-hybridized carbons (Fsp3) is 0.235. The number of thiazole rings is 1. The molecule has 2 aliphatic heterocycles. The Morgan fingerprint density at radius 1 is 0.884 bits per heavy atom. The fourth-order valence-corrected chi connectivity index (χ4v) is 9.55. The molecule has 8 rings (SSSR count). The number of carbonyl (C=O) groups excluding carboxylic acids is 4. The third-order valence-corrected chi connectivity index (χ3v) is 13.2. The molecule has 2 aliphatic rings. The highest BCUT2D eigenvalue weighted by Gasteiger charge is 2.50. The van der Waals surface area contributed by atoms with E-state index in [1.54, 1.807) is 78.6 Å². The molecule has 0 aliphatic carbocycles. The Hall–Kier alpha value is -7.62. The number of hydrogen-bond donors (Lipinski definition) is 2. The van der Waals surface area contributed by atoms with Gasteiger partial charge in [-0.3, -0.25) is 24.1 Å². The molecule has 4 amide bonds. The zero-order valence-corrected chi connectivity index (χ0v) is 39.1. The lowest BCUT2D eigenvalue weighted by atomic mass is 10.0. The standard InChI is InChI=1S/C51H44F3N7O6S2/c1-31-46(69-30-58-31)34-11-9-32(10-12-34)27-57-47(64)43-8-5-23-59(43)45(63)28-56-44(62)29-66-39-19-21-40(22-20-39)67-41-7-4-6-35(24-41)33-13-16-37(17-14-33)61-49(68)60(48(65)50(61,2)3)38-18-15-36(26-55)42(25-38)51(52,53)54/h4,6-7,9-22,24-25,30,43H,5,8,23,27-29H2,1-3H3,(H,56,62)(H,57,64)/t43-/m0/s1. The first kappa shape index (κ1) is 47.9. The molecule has 0 unspecified atom stereocenters. The summed E-state index contributed by atoms with van der Waals surface area (Å²) in [5, 5.41) is 14.8. The van der Waals surface area contributed by atoms with E-state index < -0.39 is 40.7 Å². The van der Waals surface area contributed by atoms with Crippen molar-refractivity contribution in [3.05, 3.63) is 143 Å².